The molecule has 5 heteroatoms. The first-order chi connectivity index (χ1) is 10.1. The minimum Gasteiger partial charge on any atom is -0.384 e. The van der Waals surface area contributed by atoms with Crippen molar-refractivity contribution < 1.29 is 4.39 Å². The molecule has 0 amide bonds. The number of pyridine rings is 1. The van der Waals surface area contributed by atoms with Gasteiger partial charge in [-0.1, -0.05) is 18.2 Å². The summed E-state index contributed by atoms with van der Waals surface area (Å²) in [7, 11) is 1.93. The van der Waals surface area contributed by atoms with Crippen LogP contribution in [0.5, 0.6) is 0 Å². The Hall–Kier alpha value is -2.27. The number of likely N-dealkylation sites (N-methyl/N-ethyl adjacent to an activating group) is 1. The van der Waals surface area contributed by atoms with E-state index in [-0.39, 0.29) is 11.4 Å². The quantitative estimate of drug-likeness (QED) is 0.632. The van der Waals surface area contributed by atoms with Crippen LogP contribution in [0.15, 0.2) is 42.6 Å². The Morgan fingerprint density at radius 1 is 1.29 bits per heavy atom. The number of halogens is 1. The van der Waals surface area contributed by atoms with E-state index >= 15 is 0 Å². The number of nitrogens with one attached hydrogen (secondary N) is 1. The van der Waals surface area contributed by atoms with Gasteiger partial charge in [0.2, 0.25) is 0 Å². The van der Waals surface area contributed by atoms with Gasteiger partial charge in [-0.2, -0.15) is 0 Å². The molecule has 3 N–H and O–H groups in total. The van der Waals surface area contributed by atoms with Gasteiger partial charge in [0.15, 0.2) is 0 Å². The van der Waals surface area contributed by atoms with Crippen molar-refractivity contribution in [2.75, 3.05) is 13.6 Å². The van der Waals surface area contributed by atoms with E-state index in [0.717, 1.165) is 18.7 Å². The largest absolute Gasteiger partial charge is 0.384 e. The Kier molecular flexibility index (Phi) is 5.00. The third kappa shape index (κ3) is 4.10. The third-order valence-corrected chi connectivity index (χ3v) is 3.28. The van der Waals surface area contributed by atoms with Gasteiger partial charge in [0, 0.05) is 37.0 Å². The fourth-order valence-electron chi connectivity index (χ4n) is 2.13. The van der Waals surface area contributed by atoms with E-state index < -0.39 is 5.82 Å². The van der Waals surface area contributed by atoms with Gasteiger partial charge in [-0.15, -0.1) is 0 Å². The first-order valence-corrected chi connectivity index (χ1v) is 6.78. The van der Waals surface area contributed by atoms with Crippen LogP contribution in [-0.4, -0.2) is 29.3 Å². The zero-order chi connectivity index (χ0) is 15.2. The number of amidine groups is 1. The molecule has 1 aromatic carbocycles. The molecular formula is C16H19FN4. The molecule has 2 aromatic rings. The van der Waals surface area contributed by atoms with E-state index in [1.54, 1.807) is 18.3 Å². The summed E-state index contributed by atoms with van der Waals surface area (Å²) in [5.41, 5.74) is 7.09. The monoisotopic (exact) mass is 286 g/mol. The average Bonchev–Trinajstić information content (AvgIpc) is 2.48. The number of nitrogens with two attached hydrogens (primary N) is 1. The van der Waals surface area contributed by atoms with E-state index in [1.165, 1.54) is 6.07 Å². The first-order valence-electron chi connectivity index (χ1n) is 6.78. The van der Waals surface area contributed by atoms with Crippen LogP contribution >= 0.6 is 0 Å². The summed E-state index contributed by atoms with van der Waals surface area (Å²) in [6.07, 6.45) is 2.58. The van der Waals surface area contributed by atoms with Crippen molar-refractivity contribution in [2.24, 2.45) is 5.73 Å². The molecule has 0 aliphatic carbocycles. The van der Waals surface area contributed by atoms with Gasteiger partial charge in [0.1, 0.15) is 11.7 Å². The van der Waals surface area contributed by atoms with Gasteiger partial charge in [-0.05, 0) is 25.2 Å². The number of aromatic nitrogens is 1. The molecule has 2 rings (SSSR count). The summed E-state index contributed by atoms with van der Waals surface area (Å²) in [6.45, 7) is 1.25. The molecule has 0 unspecified atom stereocenters. The molecule has 4 nitrogen and oxygen atoms in total. The Balaban J connectivity index is 1.98. The lowest BCUT2D eigenvalue weighted by Gasteiger charge is -2.17. The van der Waals surface area contributed by atoms with Crippen molar-refractivity contribution in [3.63, 3.8) is 0 Å². The second-order valence-electron chi connectivity index (χ2n) is 5.00. The van der Waals surface area contributed by atoms with Gasteiger partial charge in [-0.3, -0.25) is 10.4 Å². The van der Waals surface area contributed by atoms with Crippen LogP contribution in [-0.2, 0) is 13.0 Å². The number of hydrogen-bond acceptors (Lipinski definition) is 3. The van der Waals surface area contributed by atoms with Crippen LogP contribution in [0.2, 0.25) is 0 Å². The summed E-state index contributed by atoms with van der Waals surface area (Å²) in [6, 6.07) is 10.8. The predicted molar refractivity (Wildman–Crippen MR) is 81.7 cm³/mol. The lowest BCUT2D eigenvalue weighted by atomic mass is 10.1. The Labute approximate surface area is 123 Å². The Morgan fingerprint density at radius 2 is 2.10 bits per heavy atom. The van der Waals surface area contributed by atoms with E-state index in [2.05, 4.69) is 4.98 Å². The normalized spacial score (nSPS) is 10.8. The fourth-order valence-corrected chi connectivity index (χ4v) is 2.13. The lowest BCUT2D eigenvalue weighted by molar-refractivity contribution is 0.324. The minimum absolute atomic E-state index is 0.158. The van der Waals surface area contributed by atoms with Gasteiger partial charge in [0.05, 0.1) is 5.56 Å². The van der Waals surface area contributed by atoms with Crippen molar-refractivity contribution in [3.8, 4) is 0 Å². The third-order valence-electron chi connectivity index (χ3n) is 3.28. The minimum atomic E-state index is -0.408. The van der Waals surface area contributed by atoms with E-state index in [4.69, 9.17) is 11.1 Å². The number of hydrogen-bond donors (Lipinski definition) is 2. The average molecular weight is 286 g/mol. The molecule has 0 atom stereocenters. The Morgan fingerprint density at radius 3 is 2.76 bits per heavy atom. The zero-order valence-corrected chi connectivity index (χ0v) is 12.0. The van der Waals surface area contributed by atoms with E-state index in [1.807, 2.05) is 30.1 Å². The first kappa shape index (κ1) is 15.1. The summed E-state index contributed by atoms with van der Waals surface area (Å²) in [5, 5.41) is 7.36. The van der Waals surface area contributed by atoms with Gasteiger partial charge >= 0.3 is 0 Å². The highest BCUT2D eigenvalue weighted by Crippen LogP contribution is 2.14. The molecule has 0 aliphatic rings. The molecule has 0 saturated heterocycles. The fraction of sp³-hybridized carbons (Fsp3) is 0.250. The van der Waals surface area contributed by atoms with Crippen LogP contribution < -0.4 is 5.73 Å². The predicted octanol–water partition coefficient (Wildman–Crippen LogP) is 2.18. The smallest absolute Gasteiger partial charge is 0.138 e. The van der Waals surface area contributed by atoms with Crippen LogP contribution in [0.3, 0.4) is 0 Å². The molecular weight excluding hydrogens is 267 g/mol. The highest BCUT2D eigenvalue weighted by atomic mass is 19.1. The standard InChI is InChI=1S/C16H19FN4/c1-21(10-8-13-6-2-3-9-20-13)11-12-5-4-7-14(15(12)17)16(18)19/h2-7,9H,8,10-11H2,1H3,(H3,18,19). The van der Waals surface area contributed by atoms with Crippen molar-refractivity contribution in [1.82, 2.24) is 9.88 Å². The molecule has 0 fully saturated rings. The number of benzene rings is 1. The molecule has 0 radical (unpaired) electrons. The van der Waals surface area contributed by atoms with E-state index in [0.29, 0.717) is 12.1 Å². The van der Waals surface area contributed by atoms with Crippen LogP contribution in [0, 0.1) is 11.2 Å². The maximum Gasteiger partial charge on any atom is 0.138 e. The van der Waals surface area contributed by atoms with Crippen LogP contribution in [0.25, 0.3) is 0 Å². The number of nitrogen functional groups attached to an aromatic ring is 1. The maximum absolute atomic E-state index is 14.2. The molecule has 0 aliphatic heterocycles. The highest BCUT2D eigenvalue weighted by molar-refractivity contribution is 5.95. The van der Waals surface area contributed by atoms with Crippen molar-refractivity contribution in [2.45, 2.75) is 13.0 Å². The summed E-state index contributed by atoms with van der Waals surface area (Å²) >= 11 is 0. The van der Waals surface area contributed by atoms with Crippen molar-refractivity contribution in [1.29, 1.82) is 5.41 Å². The summed E-state index contributed by atoms with van der Waals surface area (Å²) in [5.74, 6) is -0.653. The lowest BCUT2D eigenvalue weighted by Crippen LogP contribution is -2.22. The van der Waals surface area contributed by atoms with Crippen molar-refractivity contribution in [3.05, 3.63) is 65.2 Å². The molecule has 0 spiro atoms. The highest BCUT2D eigenvalue weighted by Gasteiger charge is 2.11. The zero-order valence-electron chi connectivity index (χ0n) is 12.0. The van der Waals surface area contributed by atoms with Crippen LogP contribution in [0.4, 0.5) is 4.39 Å². The van der Waals surface area contributed by atoms with Crippen LogP contribution in [0.1, 0.15) is 16.8 Å². The summed E-state index contributed by atoms with van der Waals surface area (Å²) in [4.78, 5) is 6.29. The molecule has 110 valence electrons. The van der Waals surface area contributed by atoms with Crippen molar-refractivity contribution >= 4 is 5.84 Å². The van der Waals surface area contributed by atoms with Gasteiger partial charge in [-0.25, -0.2) is 4.39 Å². The summed E-state index contributed by atoms with van der Waals surface area (Å²) < 4.78 is 14.2. The maximum atomic E-state index is 14.2. The second-order valence-corrected chi connectivity index (χ2v) is 5.00. The SMILES string of the molecule is CN(CCc1ccccn1)Cc1cccc(C(=N)N)c1F. The van der Waals surface area contributed by atoms with E-state index in [9.17, 15) is 4.39 Å². The van der Waals surface area contributed by atoms with Gasteiger partial charge in [0.25, 0.3) is 0 Å². The molecule has 1 aromatic heterocycles. The Bertz CT molecular complexity index is 613. The number of rotatable bonds is 6. The second kappa shape index (κ2) is 6.95. The molecule has 21 heavy (non-hydrogen) atoms. The molecule has 0 saturated carbocycles. The molecule has 1 heterocycles. The molecule has 0 bridgehead atoms. The number of nitrogens with zero attached hydrogens (tertiary/aromatic N) is 2. The van der Waals surface area contributed by atoms with Gasteiger partial charge < -0.3 is 10.6 Å². The topological polar surface area (TPSA) is 66.0 Å².